The van der Waals surface area contributed by atoms with Crippen molar-refractivity contribution in [2.45, 2.75) is 6.92 Å². The average molecular weight is 461 g/mol. The van der Waals surface area contributed by atoms with Gasteiger partial charge in [-0.1, -0.05) is 18.2 Å². The summed E-state index contributed by atoms with van der Waals surface area (Å²) in [6.45, 7) is 1.53. The molecule has 0 heterocycles. The van der Waals surface area contributed by atoms with Crippen LogP contribution in [0.15, 0.2) is 66.7 Å². The lowest BCUT2D eigenvalue weighted by atomic mass is 9.94. The Bertz CT molecular complexity index is 1240. The molecule has 0 fully saturated rings. The summed E-state index contributed by atoms with van der Waals surface area (Å²) in [5.74, 6) is -2.13. The molecule has 0 aliphatic carbocycles. The van der Waals surface area contributed by atoms with Crippen LogP contribution < -0.4 is 15.8 Å². The first-order valence-corrected chi connectivity index (χ1v) is 10.3. The Kier molecular flexibility index (Phi) is 7.60. The minimum Gasteiger partial charge on any atom is -0.482 e. The van der Waals surface area contributed by atoms with Crippen LogP contribution in [0.4, 0.5) is 5.69 Å². The van der Waals surface area contributed by atoms with Gasteiger partial charge in [0.05, 0.1) is 12.2 Å². The van der Waals surface area contributed by atoms with Crippen LogP contribution in [0.2, 0.25) is 0 Å². The third-order valence-corrected chi connectivity index (χ3v) is 4.80. The smallest absolute Gasteiger partial charge is 0.344 e. The fourth-order valence-corrected chi connectivity index (χ4v) is 3.22. The van der Waals surface area contributed by atoms with Gasteiger partial charge in [-0.05, 0) is 66.6 Å². The van der Waals surface area contributed by atoms with Gasteiger partial charge in [-0.2, -0.15) is 0 Å². The molecule has 0 spiro atoms. The van der Waals surface area contributed by atoms with Gasteiger partial charge in [0.15, 0.2) is 6.61 Å². The topological polar surface area (TPSA) is 152 Å². The van der Waals surface area contributed by atoms with Crippen molar-refractivity contribution in [3.63, 3.8) is 0 Å². The Hall–Kier alpha value is -4.66. The highest BCUT2D eigenvalue weighted by Gasteiger charge is 2.19. The number of carboxylic acids is 1. The fraction of sp³-hybridized carbons (Fsp3) is 0.120. The molecule has 1 amide bonds. The highest BCUT2D eigenvalue weighted by atomic mass is 16.6. The SMILES string of the molecule is CCOC(=O)COc1ccc(-c2ccccc2C(=O)Nc2ccc(C(=N)N)cc2)c(C(=O)O)c1. The predicted molar refractivity (Wildman–Crippen MR) is 126 cm³/mol. The van der Waals surface area contributed by atoms with Crippen molar-refractivity contribution in [3.8, 4) is 16.9 Å². The quantitative estimate of drug-likeness (QED) is 0.216. The molecule has 174 valence electrons. The summed E-state index contributed by atoms with van der Waals surface area (Å²) in [5.41, 5.74) is 7.37. The summed E-state index contributed by atoms with van der Waals surface area (Å²) in [6, 6.07) is 17.4. The molecule has 0 aliphatic rings. The molecule has 3 aromatic carbocycles. The maximum absolute atomic E-state index is 13.0. The largest absolute Gasteiger partial charge is 0.482 e. The van der Waals surface area contributed by atoms with Crippen LogP contribution in [0.3, 0.4) is 0 Å². The van der Waals surface area contributed by atoms with Crippen molar-refractivity contribution < 1.29 is 29.0 Å². The number of amidine groups is 1. The van der Waals surface area contributed by atoms with Gasteiger partial charge in [-0.3, -0.25) is 10.2 Å². The maximum Gasteiger partial charge on any atom is 0.344 e. The first-order valence-electron chi connectivity index (χ1n) is 10.3. The lowest BCUT2D eigenvalue weighted by Crippen LogP contribution is -2.15. The highest BCUT2D eigenvalue weighted by molar-refractivity contribution is 6.10. The lowest BCUT2D eigenvalue weighted by molar-refractivity contribution is -0.145. The highest BCUT2D eigenvalue weighted by Crippen LogP contribution is 2.31. The molecular formula is C25H23N3O6. The van der Waals surface area contributed by atoms with E-state index in [9.17, 15) is 19.5 Å². The molecule has 0 unspecified atom stereocenters. The van der Waals surface area contributed by atoms with Crippen molar-refractivity contribution >= 4 is 29.4 Å². The molecule has 9 nitrogen and oxygen atoms in total. The number of ether oxygens (including phenoxy) is 2. The minimum absolute atomic E-state index is 0.0842. The van der Waals surface area contributed by atoms with Crippen LogP contribution in [0.25, 0.3) is 11.1 Å². The first kappa shape index (κ1) is 24.0. The van der Waals surface area contributed by atoms with Crippen LogP contribution in [-0.2, 0) is 9.53 Å². The predicted octanol–water partition coefficient (Wildman–Crippen LogP) is 3.53. The van der Waals surface area contributed by atoms with E-state index in [0.717, 1.165) is 0 Å². The van der Waals surface area contributed by atoms with Crippen LogP contribution in [0, 0.1) is 5.41 Å². The normalized spacial score (nSPS) is 10.3. The molecule has 0 aliphatic heterocycles. The third-order valence-electron chi connectivity index (χ3n) is 4.80. The Labute approximate surface area is 195 Å². The summed E-state index contributed by atoms with van der Waals surface area (Å²) < 4.78 is 10.1. The van der Waals surface area contributed by atoms with Crippen LogP contribution >= 0.6 is 0 Å². The lowest BCUT2D eigenvalue weighted by Gasteiger charge is -2.14. The van der Waals surface area contributed by atoms with Gasteiger partial charge in [0.1, 0.15) is 11.6 Å². The van der Waals surface area contributed by atoms with Crippen LogP contribution in [0.1, 0.15) is 33.2 Å². The summed E-state index contributed by atoms with van der Waals surface area (Å²) in [4.78, 5) is 36.5. The van der Waals surface area contributed by atoms with Crippen molar-refractivity contribution in [3.05, 3.63) is 83.4 Å². The van der Waals surface area contributed by atoms with E-state index in [1.165, 1.54) is 18.2 Å². The van der Waals surface area contributed by atoms with Gasteiger partial charge in [-0.25, -0.2) is 9.59 Å². The van der Waals surface area contributed by atoms with E-state index in [-0.39, 0.29) is 35.9 Å². The Morgan fingerprint density at radius 3 is 2.29 bits per heavy atom. The van der Waals surface area contributed by atoms with E-state index in [4.69, 9.17) is 20.6 Å². The third kappa shape index (κ3) is 5.77. The van der Waals surface area contributed by atoms with Crippen LogP contribution in [0.5, 0.6) is 5.75 Å². The summed E-state index contributed by atoms with van der Waals surface area (Å²) >= 11 is 0. The number of hydrogen-bond acceptors (Lipinski definition) is 6. The number of nitrogen functional groups attached to an aromatic ring is 1. The molecule has 0 atom stereocenters. The zero-order valence-electron chi connectivity index (χ0n) is 18.3. The number of hydrogen-bond donors (Lipinski definition) is 4. The van der Waals surface area contributed by atoms with E-state index in [0.29, 0.717) is 22.4 Å². The van der Waals surface area contributed by atoms with E-state index in [2.05, 4.69) is 5.32 Å². The molecule has 0 radical (unpaired) electrons. The summed E-state index contributed by atoms with van der Waals surface area (Å²) in [7, 11) is 0. The number of carbonyl (C=O) groups is 3. The first-order chi connectivity index (χ1) is 16.3. The number of aromatic carboxylic acids is 1. The fourth-order valence-electron chi connectivity index (χ4n) is 3.22. The second-order valence-electron chi connectivity index (χ2n) is 7.10. The van der Waals surface area contributed by atoms with Gasteiger partial charge in [0.2, 0.25) is 0 Å². The zero-order valence-corrected chi connectivity index (χ0v) is 18.3. The summed E-state index contributed by atoms with van der Waals surface area (Å²) in [5, 5.41) is 20.0. The van der Waals surface area contributed by atoms with Gasteiger partial charge >= 0.3 is 11.9 Å². The average Bonchev–Trinajstić information content (AvgIpc) is 2.83. The number of anilines is 1. The van der Waals surface area contributed by atoms with Crippen molar-refractivity contribution in [2.75, 3.05) is 18.5 Å². The molecule has 0 aromatic heterocycles. The molecule has 5 N–H and O–H groups in total. The molecule has 9 heteroatoms. The van der Waals surface area contributed by atoms with E-state index in [1.54, 1.807) is 55.5 Å². The Balaban J connectivity index is 1.90. The number of esters is 1. The number of nitrogens with two attached hydrogens (primary N) is 1. The molecule has 34 heavy (non-hydrogen) atoms. The number of rotatable bonds is 9. The summed E-state index contributed by atoms with van der Waals surface area (Å²) in [6.07, 6.45) is 0. The van der Waals surface area contributed by atoms with Crippen molar-refractivity contribution in [1.29, 1.82) is 5.41 Å². The molecule has 0 bridgehead atoms. The van der Waals surface area contributed by atoms with Crippen LogP contribution in [-0.4, -0.2) is 42.0 Å². The number of benzene rings is 3. The molecular weight excluding hydrogens is 438 g/mol. The standard InChI is InChI=1S/C25H23N3O6/c1-2-33-22(29)14-34-17-11-12-19(21(13-17)25(31)32)18-5-3-4-6-20(18)24(30)28-16-9-7-15(8-10-16)23(26)27/h3-13H,2,14H2,1H3,(H3,26,27)(H,28,30)(H,31,32). The number of amides is 1. The molecule has 3 rings (SSSR count). The van der Waals surface area contributed by atoms with Gasteiger partial charge in [-0.15, -0.1) is 0 Å². The van der Waals surface area contributed by atoms with Gasteiger partial charge < -0.3 is 25.6 Å². The Morgan fingerprint density at radius 1 is 0.971 bits per heavy atom. The van der Waals surface area contributed by atoms with Crippen molar-refractivity contribution in [1.82, 2.24) is 0 Å². The second-order valence-corrected chi connectivity index (χ2v) is 7.10. The molecule has 3 aromatic rings. The van der Waals surface area contributed by atoms with E-state index >= 15 is 0 Å². The minimum atomic E-state index is -1.22. The number of carbonyl (C=O) groups excluding carboxylic acids is 2. The van der Waals surface area contributed by atoms with Crippen molar-refractivity contribution in [2.24, 2.45) is 5.73 Å². The maximum atomic E-state index is 13.0. The second kappa shape index (κ2) is 10.8. The molecule has 0 saturated heterocycles. The number of carboxylic acid groups (broad SMARTS) is 1. The van der Waals surface area contributed by atoms with E-state index in [1.807, 2.05) is 0 Å². The van der Waals surface area contributed by atoms with E-state index < -0.39 is 17.8 Å². The monoisotopic (exact) mass is 461 g/mol. The molecule has 0 saturated carbocycles. The number of nitrogens with one attached hydrogen (secondary N) is 2. The zero-order chi connectivity index (χ0) is 24.7. The Morgan fingerprint density at radius 2 is 1.65 bits per heavy atom. The van der Waals surface area contributed by atoms with Gasteiger partial charge in [0, 0.05) is 16.8 Å². The van der Waals surface area contributed by atoms with Gasteiger partial charge in [0.25, 0.3) is 5.91 Å².